The van der Waals surface area contributed by atoms with Gasteiger partial charge in [0, 0.05) is 6.07 Å². The maximum absolute atomic E-state index is 13.5. The topological polar surface area (TPSA) is 73.1 Å². The molecule has 2 N–H and O–H groups in total. The molecule has 110 valence electrons. The van der Waals surface area contributed by atoms with Crippen LogP contribution in [0.25, 0.3) is 6.08 Å². The molecule has 22 heavy (non-hydrogen) atoms. The summed E-state index contributed by atoms with van der Waals surface area (Å²) >= 11 is 0. The van der Waals surface area contributed by atoms with E-state index in [4.69, 9.17) is 10.4 Å². The fourth-order valence-corrected chi connectivity index (χ4v) is 1.67. The molecule has 1 amide bonds. The molecule has 6 heteroatoms. The molecule has 0 unspecified atom stereocenters. The molecule has 0 atom stereocenters. The van der Waals surface area contributed by atoms with Crippen LogP contribution in [0, 0.1) is 23.0 Å². The Labute approximate surface area is 124 Å². The summed E-state index contributed by atoms with van der Waals surface area (Å²) in [6.07, 6.45) is 1.29. The number of carbonyl (C=O) groups excluding carboxylic acids is 1. The van der Waals surface area contributed by atoms with Crippen molar-refractivity contribution in [2.24, 2.45) is 0 Å². The van der Waals surface area contributed by atoms with E-state index in [9.17, 15) is 13.6 Å². The molecule has 0 aromatic heterocycles. The predicted octanol–water partition coefficient (Wildman–Crippen LogP) is 3.22. The summed E-state index contributed by atoms with van der Waals surface area (Å²) < 4.78 is 26.3. The molecule has 0 aliphatic heterocycles. The zero-order valence-electron chi connectivity index (χ0n) is 11.2. The van der Waals surface area contributed by atoms with Crippen molar-refractivity contribution in [2.45, 2.75) is 0 Å². The highest BCUT2D eigenvalue weighted by Crippen LogP contribution is 2.17. The molecule has 0 heterocycles. The third-order valence-electron chi connectivity index (χ3n) is 2.75. The van der Waals surface area contributed by atoms with Gasteiger partial charge < -0.3 is 10.4 Å². The van der Waals surface area contributed by atoms with E-state index in [0.717, 1.165) is 12.1 Å². The number of rotatable bonds is 3. The van der Waals surface area contributed by atoms with Crippen molar-refractivity contribution in [1.82, 2.24) is 0 Å². The van der Waals surface area contributed by atoms with Crippen LogP contribution in [0.1, 0.15) is 5.56 Å². The minimum Gasteiger partial charge on any atom is -0.508 e. The molecule has 0 aliphatic rings. The van der Waals surface area contributed by atoms with Crippen molar-refractivity contribution in [2.75, 3.05) is 5.32 Å². The highest BCUT2D eigenvalue weighted by molar-refractivity contribution is 6.09. The number of benzene rings is 2. The molecule has 0 saturated carbocycles. The first-order valence-electron chi connectivity index (χ1n) is 6.17. The average molecular weight is 300 g/mol. The Balaban J connectivity index is 2.22. The Morgan fingerprint density at radius 1 is 1.18 bits per heavy atom. The summed E-state index contributed by atoms with van der Waals surface area (Å²) in [7, 11) is 0. The Hall–Kier alpha value is -3.20. The van der Waals surface area contributed by atoms with Crippen LogP contribution in [-0.4, -0.2) is 11.0 Å². The van der Waals surface area contributed by atoms with Crippen molar-refractivity contribution in [3.63, 3.8) is 0 Å². The van der Waals surface area contributed by atoms with Gasteiger partial charge in [-0.25, -0.2) is 8.78 Å². The second kappa shape index (κ2) is 6.50. The van der Waals surface area contributed by atoms with Crippen molar-refractivity contribution in [3.8, 4) is 11.8 Å². The van der Waals surface area contributed by atoms with E-state index in [1.165, 1.54) is 30.3 Å². The maximum Gasteiger partial charge on any atom is 0.266 e. The summed E-state index contributed by atoms with van der Waals surface area (Å²) in [6, 6.07) is 10.2. The molecule has 0 spiro atoms. The lowest BCUT2D eigenvalue weighted by atomic mass is 10.1. The first-order chi connectivity index (χ1) is 10.5. The highest BCUT2D eigenvalue weighted by Gasteiger charge is 2.12. The van der Waals surface area contributed by atoms with E-state index in [0.29, 0.717) is 11.6 Å². The van der Waals surface area contributed by atoms with Gasteiger partial charge in [0.05, 0.1) is 5.69 Å². The standard InChI is InChI=1S/C16H10F2N2O2/c17-12-3-6-15(14(18)8-12)20-16(22)11(9-19)7-10-1-4-13(21)5-2-10/h1-8,21H,(H,20,22)/b11-7+. The second-order valence-corrected chi connectivity index (χ2v) is 4.34. The Bertz CT molecular complexity index is 778. The highest BCUT2D eigenvalue weighted by atomic mass is 19.1. The van der Waals surface area contributed by atoms with Crippen LogP contribution in [0.15, 0.2) is 48.0 Å². The SMILES string of the molecule is N#C/C(=C\c1ccc(O)cc1)C(=O)Nc1ccc(F)cc1F. The Kier molecular flexibility index (Phi) is 4.49. The lowest BCUT2D eigenvalue weighted by Crippen LogP contribution is -2.14. The van der Waals surface area contributed by atoms with Gasteiger partial charge in [-0.15, -0.1) is 0 Å². The predicted molar refractivity (Wildman–Crippen MR) is 76.7 cm³/mol. The molecule has 0 aliphatic carbocycles. The summed E-state index contributed by atoms with van der Waals surface area (Å²) in [5.74, 6) is -2.47. The van der Waals surface area contributed by atoms with Crippen molar-refractivity contribution in [1.29, 1.82) is 5.26 Å². The molecule has 4 nitrogen and oxygen atoms in total. The average Bonchev–Trinajstić information content (AvgIpc) is 2.49. The van der Waals surface area contributed by atoms with E-state index in [2.05, 4.69) is 5.32 Å². The van der Waals surface area contributed by atoms with Crippen LogP contribution in [0.5, 0.6) is 5.75 Å². The van der Waals surface area contributed by atoms with Crippen LogP contribution in [0.4, 0.5) is 14.5 Å². The number of anilines is 1. The Morgan fingerprint density at radius 2 is 1.86 bits per heavy atom. The molecule has 2 aromatic rings. The maximum atomic E-state index is 13.5. The number of nitrogens with one attached hydrogen (secondary N) is 1. The van der Waals surface area contributed by atoms with Crippen LogP contribution < -0.4 is 5.32 Å². The number of phenols is 1. The number of nitriles is 1. The van der Waals surface area contributed by atoms with Crippen LogP contribution >= 0.6 is 0 Å². The molecular formula is C16H10F2N2O2. The number of nitrogens with zero attached hydrogens (tertiary/aromatic N) is 1. The molecule has 2 rings (SSSR count). The van der Waals surface area contributed by atoms with Crippen LogP contribution in [-0.2, 0) is 4.79 Å². The first-order valence-corrected chi connectivity index (χ1v) is 6.17. The zero-order valence-corrected chi connectivity index (χ0v) is 11.2. The molecule has 0 bridgehead atoms. The van der Waals surface area contributed by atoms with Crippen molar-refractivity contribution in [3.05, 3.63) is 65.2 Å². The Morgan fingerprint density at radius 3 is 2.45 bits per heavy atom. The molecule has 0 saturated heterocycles. The van der Waals surface area contributed by atoms with E-state index in [1.54, 1.807) is 6.07 Å². The van der Waals surface area contributed by atoms with E-state index in [1.807, 2.05) is 0 Å². The normalized spacial score (nSPS) is 10.9. The summed E-state index contributed by atoms with van der Waals surface area (Å²) in [6.45, 7) is 0. The monoisotopic (exact) mass is 300 g/mol. The molecular weight excluding hydrogens is 290 g/mol. The number of hydrogen-bond acceptors (Lipinski definition) is 3. The van der Waals surface area contributed by atoms with Crippen molar-refractivity contribution >= 4 is 17.7 Å². The van der Waals surface area contributed by atoms with Crippen LogP contribution in [0.2, 0.25) is 0 Å². The number of carbonyl (C=O) groups is 1. The quantitative estimate of drug-likeness (QED) is 0.675. The van der Waals surface area contributed by atoms with Gasteiger partial charge in [-0.2, -0.15) is 5.26 Å². The number of halogens is 2. The molecule has 0 fully saturated rings. The van der Waals surface area contributed by atoms with Gasteiger partial charge >= 0.3 is 0 Å². The minimum atomic E-state index is -0.935. The fraction of sp³-hybridized carbons (Fsp3) is 0. The number of amides is 1. The van der Waals surface area contributed by atoms with Gasteiger partial charge in [-0.1, -0.05) is 12.1 Å². The van der Waals surface area contributed by atoms with E-state index in [-0.39, 0.29) is 17.0 Å². The molecule has 2 aromatic carbocycles. The van der Waals surface area contributed by atoms with Gasteiger partial charge in [0.2, 0.25) is 0 Å². The second-order valence-electron chi connectivity index (χ2n) is 4.34. The summed E-state index contributed by atoms with van der Waals surface area (Å²) in [4.78, 5) is 11.9. The van der Waals surface area contributed by atoms with E-state index < -0.39 is 17.5 Å². The first kappa shape index (κ1) is 15.2. The molecule has 0 radical (unpaired) electrons. The third kappa shape index (κ3) is 3.67. The van der Waals surface area contributed by atoms with Crippen molar-refractivity contribution < 1.29 is 18.7 Å². The van der Waals surface area contributed by atoms with Gasteiger partial charge in [-0.3, -0.25) is 4.79 Å². The van der Waals surface area contributed by atoms with Gasteiger partial charge in [0.1, 0.15) is 29.0 Å². The number of phenolic OH excluding ortho intramolecular Hbond substituents is 1. The van der Waals surface area contributed by atoms with Gasteiger partial charge in [0.15, 0.2) is 0 Å². The summed E-state index contributed by atoms with van der Waals surface area (Å²) in [5, 5.41) is 20.4. The lowest BCUT2D eigenvalue weighted by molar-refractivity contribution is -0.112. The number of hydrogen-bond donors (Lipinski definition) is 2. The summed E-state index contributed by atoms with van der Waals surface area (Å²) in [5.41, 5.74) is 0.0387. The van der Waals surface area contributed by atoms with Gasteiger partial charge in [0.25, 0.3) is 5.91 Å². The zero-order chi connectivity index (χ0) is 16.1. The van der Waals surface area contributed by atoms with E-state index >= 15 is 0 Å². The van der Waals surface area contributed by atoms with Gasteiger partial charge in [-0.05, 0) is 35.9 Å². The smallest absolute Gasteiger partial charge is 0.266 e. The lowest BCUT2D eigenvalue weighted by Gasteiger charge is -2.05. The third-order valence-corrected chi connectivity index (χ3v) is 2.75. The minimum absolute atomic E-state index is 0.0495. The number of aromatic hydroxyl groups is 1. The largest absolute Gasteiger partial charge is 0.508 e. The fourth-order valence-electron chi connectivity index (χ4n) is 1.67. The van der Waals surface area contributed by atoms with Crippen LogP contribution in [0.3, 0.4) is 0 Å².